The fourth-order valence-electron chi connectivity index (χ4n) is 2.09. The van der Waals surface area contributed by atoms with E-state index in [-0.39, 0.29) is 5.56 Å². The number of carbonyl (C=O) groups is 1. The summed E-state index contributed by atoms with van der Waals surface area (Å²) in [6, 6.07) is 9.46. The zero-order valence-electron chi connectivity index (χ0n) is 12.1. The van der Waals surface area contributed by atoms with Crippen molar-refractivity contribution in [3.05, 3.63) is 71.6 Å². The first-order valence-corrected chi connectivity index (χ1v) is 6.82. The lowest BCUT2D eigenvalue weighted by Gasteiger charge is -2.07. The van der Waals surface area contributed by atoms with Gasteiger partial charge in [0.2, 0.25) is 5.89 Å². The van der Waals surface area contributed by atoms with E-state index in [9.17, 15) is 13.6 Å². The number of anilines is 1. The van der Waals surface area contributed by atoms with E-state index >= 15 is 0 Å². The van der Waals surface area contributed by atoms with Gasteiger partial charge in [0, 0.05) is 11.3 Å². The molecule has 1 heterocycles. The molecular formula is C17H12F2N2O2. The molecule has 2 aromatic carbocycles. The number of aromatic nitrogens is 1. The number of carbonyl (C=O) groups excluding carboxylic acids is 1. The third kappa shape index (κ3) is 3.26. The highest BCUT2D eigenvalue weighted by Gasteiger charge is 2.14. The van der Waals surface area contributed by atoms with Gasteiger partial charge in [0.15, 0.2) is 0 Å². The molecule has 3 rings (SSSR count). The van der Waals surface area contributed by atoms with Gasteiger partial charge in [0.05, 0.1) is 11.8 Å². The lowest BCUT2D eigenvalue weighted by atomic mass is 10.1. The van der Waals surface area contributed by atoms with Crippen LogP contribution in [0.2, 0.25) is 0 Å². The van der Waals surface area contributed by atoms with Crippen LogP contribution in [0.5, 0.6) is 0 Å². The van der Waals surface area contributed by atoms with E-state index in [1.807, 2.05) is 0 Å². The molecule has 0 bridgehead atoms. The Labute approximate surface area is 130 Å². The van der Waals surface area contributed by atoms with Gasteiger partial charge in [-0.3, -0.25) is 4.79 Å². The zero-order valence-corrected chi connectivity index (χ0v) is 12.1. The number of nitrogens with one attached hydrogen (secondary N) is 1. The van der Waals surface area contributed by atoms with Crippen molar-refractivity contribution in [3.63, 3.8) is 0 Å². The molecular weight excluding hydrogens is 302 g/mol. The molecule has 4 nitrogen and oxygen atoms in total. The minimum absolute atomic E-state index is 0.359. The quantitative estimate of drug-likeness (QED) is 0.789. The van der Waals surface area contributed by atoms with Crippen LogP contribution in [0, 0.1) is 18.6 Å². The molecule has 23 heavy (non-hydrogen) atoms. The number of oxazole rings is 1. The molecule has 0 aliphatic carbocycles. The Morgan fingerprint density at radius 1 is 1.17 bits per heavy atom. The Kier molecular flexibility index (Phi) is 3.89. The Hall–Kier alpha value is -3.02. The average molecular weight is 314 g/mol. The van der Waals surface area contributed by atoms with E-state index in [0.717, 1.165) is 18.2 Å². The number of benzene rings is 2. The Morgan fingerprint density at radius 3 is 2.74 bits per heavy atom. The third-order valence-electron chi connectivity index (χ3n) is 3.16. The van der Waals surface area contributed by atoms with Crippen molar-refractivity contribution in [1.29, 1.82) is 0 Å². The molecule has 6 heteroatoms. The van der Waals surface area contributed by atoms with Crippen molar-refractivity contribution in [2.24, 2.45) is 0 Å². The number of hydrogen-bond donors (Lipinski definition) is 1. The topological polar surface area (TPSA) is 55.1 Å². The number of halogens is 2. The number of hydrogen-bond acceptors (Lipinski definition) is 3. The highest BCUT2D eigenvalue weighted by Crippen LogP contribution is 2.23. The van der Waals surface area contributed by atoms with Crippen molar-refractivity contribution in [1.82, 2.24) is 4.98 Å². The first-order chi connectivity index (χ1) is 11.0. The minimum Gasteiger partial charge on any atom is -0.441 e. The second kappa shape index (κ2) is 6.00. The predicted octanol–water partition coefficient (Wildman–Crippen LogP) is 4.18. The second-order valence-electron chi connectivity index (χ2n) is 4.94. The molecule has 3 aromatic rings. The minimum atomic E-state index is -0.789. The maximum Gasteiger partial charge on any atom is 0.258 e. The molecule has 1 amide bonds. The molecule has 0 saturated heterocycles. The molecule has 0 radical (unpaired) electrons. The monoisotopic (exact) mass is 314 g/mol. The maximum absolute atomic E-state index is 13.6. The van der Waals surface area contributed by atoms with E-state index in [2.05, 4.69) is 10.3 Å². The second-order valence-corrected chi connectivity index (χ2v) is 4.94. The molecule has 1 aromatic heterocycles. The summed E-state index contributed by atoms with van der Waals surface area (Å²) in [5.41, 5.74) is 0.727. The first kappa shape index (κ1) is 14.9. The van der Waals surface area contributed by atoms with E-state index in [0.29, 0.717) is 22.9 Å². The smallest absolute Gasteiger partial charge is 0.258 e. The fourth-order valence-corrected chi connectivity index (χ4v) is 2.09. The summed E-state index contributed by atoms with van der Waals surface area (Å²) in [5.74, 6) is -1.13. The van der Waals surface area contributed by atoms with Gasteiger partial charge in [-0.15, -0.1) is 0 Å². The van der Waals surface area contributed by atoms with E-state index in [1.165, 1.54) is 0 Å². The van der Waals surface area contributed by atoms with Crippen molar-refractivity contribution < 1.29 is 18.0 Å². The first-order valence-electron chi connectivity index (χ1n) is 6.82. The van der Waals surface area contributed by atoms with Crippen LogP contribution in [-0.4, -0.2) is 10.9 Å². The molecule has 0 unspecified atom stereocenters. The molecule has 0 fully saturated rings. The summed E-state index contributed by atoms with van der Waals surface area (Å²) < 4.78 is 32.2. The van der Waals surface area contributed by atoms with Crippen LogP contribution < -0.4 is 5.32 Å². The summed E-state index contributed by atoms with van der Waals surface area (Å²) in [5, 5.41) is 2.53. The van der Waals surface area contributed by atoms with Crippen molar-refractivity contribution in [3.8, 4) is 11.5 Å². The van der Waals surface area contributed by atoms with Gasteiger partial charge < -0.3 is 9.73 Å². The molecule has 0 spiro atoms. The molecule has 1 N–H and O–H groups in total. The lowest BCUT2D eigenvalue weighted by molar-refractivity contribution is 0.102. The normalized spacial score (nSPS) is 10.6. The highest BCUT2D eigenvalue weighted by molar-refractivity contribution is 6.04. The standard InChI is InChI=1S/C17H12F2N2O2/c1-10-9-20-17(23-10)11-3-2-4-13(7-11)21-16(22)14-8-12(18)5-6-15(14)19/h2-9H,1H3,(H,21,22). The predicted molar refractivity (Wildman–Crippen MR) is 81.0 cm³/mol. The van der Waals surface area contributed by atoms with Gasteiger partial charge in [0.1, 0.15) is 17.4 Å². The fraction of sp³-hybridized carbons (Fsp3) is 0.0588. The summed E-state index contributed by atoms with van der Waals surface area (Å²) in [6.07, 6.45) is 1.59. The van der Waals surface area contributed by atoms with Crippen LogP contribution >= 0.6 is 0 Å². The average Bonchev–Trinajstić information content (AvgIpc) is 2.96. The molecule has 0 aliphatic heterocycles. The zero-order chi connectivity index (χ0) is 16.4. The number of nitrogens with zero attached hydrogens (tertiary/aromatic N) is 1. The summed E-state index contributed by atoms with van der Waals surface area (Å²) in [7, 11) is 0. The van der Waals surface area contributed by atoms with Crippen LogP contribution in [0.25, 0.3) is 11.5 Å². The van der Waals surface area contributed by atoms with E-state index in [4.69, 9.17) is 4.42 Å². The van der Waals surface area contributed by atoms with Crippen LogP contribution in [0.15, 0.2) is 53.1 Å². The van der Waals surface area contributed by atoms with E-state index < -0.39 is 17.5 Å². The Morgan fingerprint density at radius 2 is 2.00 bits per heavy atom. The lowest BCUT2D eigenvalue weighted by Crippen LogP contribution is -2.14. The maximum atomic E-state index is 13.6. The summed E-state index contributed by atoms with van der Waals surface area (Å²) >= 11 is 0. The van der Waals surface area contributed by atoms with Crippen molar-refractivity contribution >= 4 is 11.6 Å². The Balaban J connectivity index is 1.85. The van der Waals surface area contributed by atoms with Crippen LogP contribution in [-0.2, 0) is 0 Å². The van der Waals surface area contributed by atoms with Crippen LogP contribution in [0.1, 0.15) is 16.1 Å². The molecule has 0 atom stereocenters. The van der Waals surface area contributed by atoms with E-state index in [1.54, 1.807) is 37.4 Å². The van der Waals surface area contributed by atoms with Gasteiger partial charge in [-0.05, 0) is 43.3 Å². The van der Waals surface area contributed by atoms with Crippen molar-refractivity contribution in [2.45, 2.75) is 6.92 Å². The molecule has 116 valence electrons. The van der Waals surface area contributed by atoms with Gasteiger partial charge in [-0.2, -0.15) is 0 Å². The number of aryl methyl sites for hydroxylation is 1. The van der Waals surface area contributed by atoms with Crippen molar-refractivity contribution in [2.75, 3.05) is 5.32 Å². The summed E-state index contributed by atoms with van der Waals surface area (Å²) in [6.45, 7) is 1.77. The molecule has 0 aliphatic rings. The number of amides is 1. The Bertz CT molecular complexity index is 875. The molecule has 0 saturated carbocycles. The largest absolute Gasteiger partial charge is 0.441 e. The number of rotatable bonds is 3. The highest BCUT2D eigenvalue weighted by atomic mass is 19.1. The SMILES string of the molecule is Cc1cnc(-c2cccc(NC(=O)c3cc(F)ccc3F)c2)o1. The summed E-state index contributed by atoms with van der Waals surface area (Å²) in [4.78, 5) is 16.2. The van der Waals surface area contributed by atoms with Gasteiger partial charge in [-0.25, -0.2) is 13.8 Å². The van der Waals surface area contributed by atoms with Crippen LogP contribution in [0.3, 0.4) is 0 Å². The third-order valence-corrected chi connectivity index (χ3v) is 3.16. The van der Waals surface area contributed by atoms with Crippen LogP contribution in [0.4, 0.5) is 14.5 Å². The van der Waals surface area contributed by atoms with Gasteiger partial charge in [-0.1, -0.05) is 6.07 Å². The van der Waals surface area contributed by atoms with Gasteiger partial charge >= 0.3 is 0 Å². The van der Waals surface area contributed by atoms with Gasteiger partial charge in [0.25, 0.3) is 5.91 Å².